The number of nitrogens with one attached hydrogen (secondary N) is 1. The van der Waals surface area contributed by atoms with E-state index >= 15 is 0 Å². The van der Waals surface area contributed by atoms with Crippen LogP contribution >= 0.6 is 11.8 Å². The van der Waals surface area contributed by atoms with Crippen molar-refractivity contribution in [2.45, 2.75) is 12.5 Å². The minimum Gasteiger partial charge on any atom is -0.402 e. The molecule has 0 aromatic heterocycles. The van der Waals surface area contributed by atoms with Gasteiger partial charge in [-0.05, 0) is 0 Å². The molecule has 0 aromatic rings. The molecule has 1 aliphatic rings. The van der Waals surface area contributed by atoms with E-state index in [-0.39, 0.29) is 0 Å². The van der Waals surface area contributed by atoms with Gasteiger partial charge in [0.15, 0.2) is 0 Å². The molecule has 2 nitrogen and oxygen atoms in total. The predicted octanol–water partition coefficient (Wildman–Crippen LogP) is 0.554. The highest BCUT2D eigenvalue weighted by Gasteiger charge is 2.11. The van der Waals surface area contributed by atoms with Crippen molar-refractivity contribution in [1.29, 1.82) is 0 Å². The minimum atomic E-state index is 0.566. The van der Waals surface area contributed by atoms with Crippen LogP contribution < -0.4 is 11.1 Å². The van der Waals surface area contributed by atoms with E-state index in [1.54, 1.807) is 0 Å². The zero-order valence-corrected chi connectivity index (χ0v) is 6.91. The van der Waals surface area contributed by atoms with Gasteiger partial charge in [0.05, 0.1) is 0 Å². The van der Waals surface area contributed by atoms with E-state index < -0.39 is 0 Å². The molecular formula is C7H14N2S. The van der Waals surface area contributed by atoms with Gasteiger partial charge in [-0.25, -0.2) is 0 Å². The van der Waals surface area contributed by atoms with Crippen LogP contribution in [0, 0.1) is 0 Å². The summed E-state index contributed by atoms with van der Waals surface area (Å²) in [6.45, 7) is 4.79. The average molecular weight is 158 g/mol. The lowest BCUT2D eigenvalue weighted by Gasteiger charge is -2.22. The van der Waals surface area contributed by atoms with Crippen molar-refractivity contribution < 1.29 is 0 Å². The van der Waals surface area contributed by atoms with Crippen LogP contribution in [0.25, 0.3) is 0 Å². The van der Waals surface area contributed by atoms with E-state index in [4.69, 9.17) is 5.73 Å². The Morgan fingerprint density at radius 3 is 3.10 bits per heavy atom. The zero-order chi connectivity index (χ0) is 7.40. The second kappa shape index (κ2) is 3.88. The number of nitrogens with two attached hydrogens (primary N) is 1. The molecule has 0 bridgehead atoms. The molecule has 58 valence electrons. The number of hydrogen-bond acceptors (Lipinski definition) is 3. The van der Waals surface area contributed by atoms with Gasteiger partial charge in [-0.3, -0.25) is 0 Å². The van der Waals surface area contributed by atoms with Gasteiger partial charge in [-0.1, -0.05) is 6.58 Å². The maximum absolute atomic E-state index is 5.48. The molecule has 1 heterocycles. The Morgan fingerprint density at radius 1 is 1.80 bits per heavy atom. The van der Waals surface area contributed by atoms with Gasteiger partial charge in [0, 0.05) is 36.2 Å². The minimum absolute atomic E-state index is 0.566. The largest absolute Gasteiger partial charge is 0.402 e. The molecule has 0 spiro atoms. The van der Waals surface area contributed by atoms with Gasteiger partial charge in [0.25, 0.3) is 0 Å². The van der Waals surface area contributed by atoms with E-state index in [1.807, 2.05) is 11.8 Å². The summed E-state index contributed by atoms with van der Waals surface area (Å²) < 4.78 is 0. The first kappa shape index (κ1) is 7.95. The van der Waals surface area contributed by atoms with Crippen LogP contribution in [0.5, 0.6) is 0 Å². The van der Waals surface area contributed by atoms with Crippen molar-refractivity contribution in [3.63, 3.8) is 0 Å². The van der Waals surface area contributed by atoms with E-state index in [1.165, 1.54) is 11.5 Å². The van der Waals surface area contributed by atoms with Crippen molar-refractivity contribution in [3.8, 4) is 0 Å². The normalized spacial score (nSPS) is 26.2. The summed E-state index contributed by atoms with van der Waals surface area (Å²) in [6, 6.07) is 0.566. The molecule has 3 N–H and O–H groups in total. The molecular weight excluding hydrogens is 144 g/mol. The van der Waals surface area contributed by atoms with Crippen LogP contribution in [0.4, 0.5) is 0 Å². The Balaban J connectivity index is 2.19. The first-order valence-electron chi connectivity index (χ1n) is 3.53. The average Bonchev–Trinajstić information content (AvgIpc) is 1.88. The second-order valence-electron chi connectivity index (χ2n) is 2.59. The van der Waals surface area contributed by atoms with E-state index in [9.17, 15) is 0 Å². The van der Waals surface area contributed by atoms with Crippen molar-refractivity contribution in [2.75, 3.05) is 18.1 Å². The van der Waals surface area contributed by atoms with Gasteiger partial charge in [-0.2, -0.15) is 11.8 Å². The summed E-state index contributed by atoms with van der Waals surface area (Å²) in [5.74, 6) is 2.41. The van der Waals surface area contributed by atoms with Gasteiger partial charge in [0.2, 0.25) is 0 Å². The molecule has 0 radical (unpaired) electrons. The summed E-state index contributed by atoms with van der Waals surface area (Å²) in [7, 11) is 0. The Bertz CT molecular complexity index is 119. The maximum Gasteiger partial charge on any atom is 0.0212 e. The number of rotatable bonds is 2. The van der Waals surface area contributed by atoms with E-state index in [0.717, 1.165) is 18.7 Å². The van der Waals surface area contributed by atoms with Crippen LogP contribution in [0.1, 0.15) is 6.42 Å². The van der Waals surface area contributed by atoms with Crippen LogP contribution in [0.15, 0.2) is 12.3 Å². The predicted molar refractivity (Wildman–Crippen MR) is 47.1 cm³/mol. The summed E-state index contributed by atoms with van der Waals surface area (Å²) in [5.41, 5.74) is 6.27. The molecule has 1 saturated heterocycles. The van der Waals surface area contributed by atoms with Gasteiger partial charge < -0.3 is 11.1 Å². The van der Waals surface area contributed by atoms with Crippen LogP contribution in [0.3, 0.4) is 0 Å². The Hall–Kier alpha value is -0.150. The van der Waals surface area contributed by atoms with Crippen molar-refractivity contribution in [2.24, 2.45) is 5.73 Å². The van der Waals surface area contributed by atoms with Gasteiger partial charge >= 0.3 is 0 Å². The molecule has 0 aromatic carbocycles. The fourth-order valence-corrected chi connectivity index (χ4v) is 2.02. The molecule has 1 unspecified atom stereocenters. The fourth-order valence-electron chi connectivity index (χ4n) is 1.07. The molecule has 0 amide bonds. The molecule has 10 heavy (non-hydrogen) atoms. The maximum atomic E-state index is 5.48. The lowest BCUT2D eigenvalue weighted by Crippen LogP contribution is -2.38. The third-order valence-corrected chi connectivity index (χ3v) is 2.64. The molecule has 0 saturated carbocycles. The SMILES string of the molecule is C=C(N)CC1CSCCN1. The van der Waals surface area contributed by atoms with Gasteiger partial charge in [-0.15, -0.1) is 0 Å². The third-order valence-electron chi connectivity index (χ3n) is 1.51. The topological polar surface area (TPSA) is 38.0 Å². The summed E-state index contributed by atoms with van der Waals surface area (Å²) in [4.78, 5) is 0. The van der Waals surface area contributed by atoms with E-state index in [2.05, 4.69) is 11.9 Å². The zero-order valence-electron chi connectivity index (χ0n) is 6.10. The Labute approximate surface area is 66.2 Å². The highest BCUT2D eigenvalue weighted by Crippen LogP contribution is 2.11. The summed E-state index contributed by atoms with van der Waals surface area (Å²) in [5, 5.41) is 3.39. The molecule has 1 aliphatic heterocycles. The quantitative estimate of drug-likeness (QED) is 0.616. The first-order chi connectivity index (χ1) is 4.79. The van der Waals surface area contributed by atoms with Crippen molar-refractivity contribution in [3.05, 3.63) is 12.3 Å². The third kappa shape index (κ3) is 2.62. The Morgan fingerprint density at radius 2 is 2.60 bits per heavy atom. The second-order valence-corrected chi connectivity index (χ2v) is 3.74. The van der Waals surface area contributed by atoms with Gasteiger partial charge in [0.1, 0.15) is 0 Å². The van der Waals surface area contributed by atoms with Crippen LogP contribution in [-0.4, -0.2) is 24.1 Å². The van der Waals surface area contributed by atoms with Crippen LogP contribution in [-0.2, 0) is 0 Å². The summed E-state index contributed by atoms with van der Waals surface area (Å²) in [6.07, 6.45) is 0.924. The Kier molecular flexibility index (Phi) is 3.09. The number of thioether (sulfide) groups is 1. The molecule has 1 fully saturated rings. The van der Waals surface area contributed by atoms with Crippen molar-refractivity contribution >= 4 is 11.8 Å². The van der Waals surface area contributed by atoms with Crippen molar-refractivity contribution in [1.82, 2.24) is 5.32 Å². The van der Waals surface area contributed by atoms with Crippen LogP contribution in [0.2, 0.25) is 0 Å². The molecule has 3 heteroatoms. The first-order valence-corrected chi connectivity index (χ1v) is 4.69. The van der Waals surface area contributed by atoms with E-state index in [0.29, 0.717) is 6.04 Å². The summed E-state index contributed by atoms with van der Waals surface area (Å²) >= 11 is 1.99. The molecule has 1 atom stereocenters. The molecule has 1 rings (SSSR count). The monoisotopic (exact) mass is 158 g/mol. The molecule has 0 aliphatic carbocycles. The standard InChI is InChI=1S/C7H14N2S/c1-6(8)4-7-5-10-3-2-9-7/h7,9H,1-5,8H2. The lowest BCUT2D eigenvalue weighted by molar-refractivity contribution is 0.559. The fraction of sp³-hybridized carbons (Fsp3) is 0.714. The smallest absolute Gasteiger partial charge is 0.0212 e. The lowest BCUT2D eigenvalue weighted by atomic mass is 10.2. The highest BCUT2D eigenvalue weighted by molar-refractivity contribution is 7.99. The number of hydrogen-bond donors (Lipinski definition) is 2. The highest BCUT2D eigenvalue weighted by atomic mass is 32.2.